The second kappa shape index (κ2) is 10.0. The van der Waals surface area contributed by atoms with Crippen LogP contribution in [0.2, 0.25) is 0 Å². The Hall–Kier alpha value is -2.78. The molecule has 0 bridgehead atoms. The number of aromatic nitrogens is 1. The summed E-state index contributed by atoms with van der Waals surface area (Å²) < 4.78 is 32.6. The Morgan fingerprint density at radius 2 is 1.84 bits per heavy atom. The molecule has 0 spiro atoms. The van der Waals surface area contributed by atoms with E-state index in [9.17, 15) is 18.0 Å². The Bertz CT molecular complexity index is 1030. The summed E-state index contributed by atoms with van der Waals surface area (Å²) in [6.07, 6.45) is 2.53. The predicted octanol–water partition coefficient (Wildman–Crippen LogP) is 2.40. The average Bonchev–Trinajstić information content (AvgIpc) is 2.78. The van der Waals surface area contributed by atoms with Gasteiger partial charge in [0, 0.05) is 42.9 Å². The number of rotatable bonds is 8. The lowest BCUT2D eigenvalue weighted by molar-refractivity contribution is -0.126. The molecule has 1 aromatic carbocycles. The summed E-state index contributed by atoms with van der Waals surface area (Å²) in [7, 11) is -3.66. The van der Waals surface area contributed by atoms with E-state index in [1.807, 2.05) is 13.0 Å². The quantitative estimate of drug-likeness (QED) is 0.626. The summed E-state index contributed by atoms with van der Waals surface area (Å²) in [5.41, 5.74) is 1.27. The fraction of sp³-hybridized carbons (Fsp3) is 0.409. The molecule has 1 aliphatic heterocycles. The van der Waals surface area contributed by atoms with Crippen molar-refractivity contribution >= 4 is 21.7 Å². The maximum atomic E-state index is 12.9. The first-order valence-corrected chi connectivity index (χ1v) is 11.7. The van der Waals surface area contributed by atoms with Gasteiger partial charge in [-0.1, -0.05) is 18.2 Å². The van der Waals surface area contributed by atoms with Crippen LogP contribution < -0.4 is 10.1 Å². The van der Waals surface area contributed by atoms with E-state index in [1.54, 1.807) is 12.3 Å². The summed E-state index contributed by atoms with van der Waals surface area (Å²) >= 11 is 0. The number of ketones is 1. The van der Waals surface area contributed by atoms with Crippen LogP contribution in [0.15, 0.2) is 47.5 Å². The topological polar surface area (TPSA) is 106 Å². The van der Waals surface area contributed by atoms with Gasteiger partial charge < -0.3 is 10.1 Å². The highest BCUT2D eigenvalue weighted by Crippen LogP contribution is 2.24. The van der Waals surface area contributed by atoms with Crippen LogP contribution in [0.3, 0.4) is 0 Å². The van der Waals surface area contributed by atoms with Gasteiger partial charge in [0.15, 0.2) is 5.78 Å². The molecule has 3 rings (SSSR count). The van der Waals surface area contributed by atoms with E-state index < -0.39 is 10.0 Å². The average molecular weight is 446 g/mol. The number of ether oxygens (including phenoxy) is 1. The Morgan fingerprint density at radius 3 is 2.45 bits per heavy atom. The third-order valence-electron chi connectivity index (χ3n) is 5.31. The molecule has 166 valence electrons. The first-order chi connectivity index (χ1) is 14.8. The Morgan fingerprint density at radius 1 is 1.16 bits per heavy atom. The van der Waals surface area contributed by atoms with E-state index in [2.05, 4.69) is 10.3 Å². The number of Topliss-reactive ketones (excluding diaryl/α,β-unsaturated/α-hetero) is 1. The Labute approximate surface area is 182 Å². The van der Waals surface area contributed by atoms with Crippen LogP contribution in [0, 0.1) is 5.92 Å². The number of sulfonamides is 1. The first kappa shape index (κ1) is 22.9. The van der Waals surface area contributed by atoms with Gasteiger partial charge in [-0.15, -0.1) is 0 Å². The van der Waals surface area contributed by atoms with Crippen molar-refractivity contribution in [2.45, 2.75) is 38.1 Å². The summed E-state index contributed by atoms with van der Waals surface area (Å²) in [5.74, 6) is 0.0327. The predicted molar refractivity (Wildman–Crippen MR) is 115 cm³/mol. The number of piperidine rings is 1. The van der Waals surface area contributed by atoms with Gasteiger partial charge in [-0.25, -0.2) is 13.4 Å². The summed E-state index contributed by atoms with van der Waals surface area (Å²) in [5, 5.41) is 2.91. The van der Waals surface area contributed by atoms with Crippen molar-refractivity contribution in [1.82, 2.24) is 14.6 Å². The van der Waals surface area contributed by atoms with Crippen molar-refractivity contribution in [3.8, 4) is 5.88 Å². The maximum absolute atomic E-state index is 12.9. The smallest absolute Gasteiger partial charge is 0.243 e. The molecule has 31 heavy (non-hydrogen) atoms. The van der Waals surface area contributed by atoms with Crippen LogP contribution >= 0.6 is 0 Å². The molecule has 1 aliphatic rings. The van der Waals surface area contributed by atoms with Crippen molar-refractivity contribution in [3.63, 3.8) is 0 Å². The fourth-order valence-electron chi connectivity index (χ4n) is 3.52. The van der Waals surface area contributed by atoms with E-state index in [-0.39, 0.29) is 35.6 Å². The van der Waals surface area contributed by atoms with Crippen molar-refractivity contribution in [3.05, 3.63) is 53.7 Å². The minimum Gasteiger partial charge on any atom is -0.478 e. The SMILES string of the molecule is CCOc1ncccc1CNC(=O)C1CCN(S(=O)(=O)c2ccc(C(C)=O)cc2)CC1. The number of pyridine rings is 1. The number of nitrogens with one attached hydrogen (secondary N) is 1. The van der Waals surface area contributed by atoms with E-state index in [0.29, 0.717) is 37.4 Å². The maximum Gasteiger partial charge on any atom is 0.243 e. The number of benzene rings is 1. The number of hydrogen-bond donors (Lipinski definition) is 1. The minimum absolute atomic E-state index is 0.103. The molecule has 2 heterocycles. The van der Waals surface area contributed by atoms with Crippen LogP contribution in [-0.2, 0) is 21.4 Å². The van der Waals surface area contributed by atoms with Crippen molar-refractivity contribution < 1.29 is 22.7 Å². The molecule has 1 fully saturated rings. The van der Waals surface area contributed by atoms with Crippen LogP contribution in [-0.4, -0.2) is 49.1 Å². The van der Waals surface area contributed by atoms with E-state index >= 15 is 0 Å². The van der Waals surface area contributed by atoms with Gasteiger partial charge in [-0.05, 0) is 44.9 Å². The van der Waals surface area contributed by atoms with Crippen LogP contribution in [0.25, 0.3) is 0 Å². The molecule has 0 radical (unpaired) electrons. The molecule has 0 saturated carbocycles. The number of hydrogen-bond acceptors (Lipinski definition) is 6. The number of carbonyl (C=O) groups is 2. The first-order valence-electron chi connectivity index (χ1n) is 10.3. The van der Waals surface area contributed by atoms with Gasteiger partial charge in [-0.3, -0.25) is 9.59 Å². The monoisotopic (exact) mass is 445 g/mol. The van der Waals surface area contributed by atoms with Gasteiger partial charge in [0.2, 0.25) is 21.8 Å². The van der Waals surface area contributed by atoms with Gasteiger partial charge in [-0.2, -0.15) is 4.31 Å². The molecular formula is C22H27N3O5S. The summed E-state index contributed by atoms with van der Waals surface area (Å²) in [6.45, 7) is 4.64. The second-order valence-corrected chi connectivity index (χ2v) is 9.32. The van der Waals surface area contributed by atoms with E-state index in [4.69, 9.17) is 4.74 Å². The lowest BCUT2D eigenvalue weighted by Crippen LogP contribution is -2.42. The summed E-state index contributed by atoms with van der Waals surface area (Å²) in [4.78, 5) is 28.3. The highest BCUT2D eigenvalue weighted by Gasteiger charge is 2.32. The zero-order valence-electron chi connectivity index (χ0n) is 17.7. The standard InChI is InChI=1S/C22H27N3O5S/c1-3-30-22-19(5-4-12-23-22)15-24-21(27)18-10-13-25(14-11-18)31(28,29)20-8-6-17(7-9-20)16(2)26/h4-9,12,18H,3,10-11,13-15H2,1-2H3,(H,24,27). The second-order valence-electron chi connectivity index (χ2n) is 7.38. The Balaban J connectivity index is 1.56. The van der Waals surface area contributed by atoms with Gasteiger partial charge in [0.25, 0.3) is 0 Å². The van der Waals surface area contributed by atoms with E-state index in [1.165, 1.54) is 35.5 Å². The normalized spacial score (nSPS) is 15.4. The molecule has 0 aliphatic carbocycles. The zero-order valence-corrected chi connectivity index (χ0v) is 18.5. The third-order valence-corrected chi connectivity index (χ3v) is 7.22. The third kappa shape index (κ3) is 5.48. The van der Waals surface area contributed by atoms with Crippen molar-refractivity contribution in [2.75, 3.05) is 19.7 Å². The fourth-order valence-corrected chi connectivity index (χ4v) is 4.99. The van der Waals surface area contributed by atoms with Crippen LogP contribution in [0.1, 0.15) is 42.6 Å². The highest BCUT2D eigenvalue weighted by atomic mass is 32.2. The van der Waals surface area contributed by atoms with Crippen LogP contribution in [0.5, 0.6) is 5.88 Å². The summed E-state index contributed by atoms with van der Waals surface area (Å²) in [6, 6.07) is 9.58. The number of amides is 1. The lowest BCUT2D eigenvalue weighted by Gasteiger charge is -2.30. The van der Waals surface area contributed by atoms with E-state index in [0.717, 1.165) is 5.56 Å². The molecule has 8 nitrogen and oxygen atoms in total. The van der Waals surface area contributed by atoms with Gasteiger partial charge in [0.05, 0.1) is 11.5 Å². The number of nitrogens with zero attached hydrogens (tertiary/aromatic N) is 2. The molecule has 1 aromatic heterocycles. The van der Waals surface area contributed by atoms with Crippen molar-refractivity contribution in [1.29, 1.82) is 0 Å². The molecule has 1 amide bonds. The molecule has 1 saturated heterocycles. The lowest BCUT2D eigenvalue weighted by atomic mass is 9.97. The molecule has 1 N–H and O–H groups in total. The van der Waals surface area contributed by atoms with Crippen molar-refractivity contribution in [2.24, 2.45) is 5.92 Å². The number of carbonyl (C=O) groups excluding carboxylic acids is 2. The molecule has 0 unspecified atom stereocenters. The largest absolute Gasteiger partial charge is 0.478 e. The molecule has 2 aromatic rings. The zero-order chi connectivity index (χ0) is 22.4. The molecule has 9 heteroatoms. The molecular weight excluding hydrogens is 418 g/mol. The Kier molecular flexibility index (Phi) is 7.40. The molecule has 0 atom stereocenters. The van der Waals surface area contributed by atoms with Crippen LogP contribution in [0.4, 0.5) is 0 Å². The minimum atomic E-state index is -3.66. The van der Waals surface area contributed by atoms with Gasteiger partial charge >= 0.3 is 0 Å². The highest BCUT2D eigenvalue weighted by molar-refractivity contribution is 7.89. The van der Waals surface area contributed by atoms with Gasteiger partial charge in [0.1, 0.15) is 0 Å².